The number of para-hydroxylation sites is 1. The second-order valence-corrected chi connectivity index (χ2v) is 7.11. The lowest BCUT2D eigenvalue weighted by atomic mass is 10.0. The first-order valence-corrected chi connectivity index (χ1v) is 9.90. The van der Waals surface area contributed by atoms with Crippen LogP contribution in [0.5, 0.6) is 11.5 Å². The zero-order chi connectivity index (χ0) is 22.7. The predicted molar refractivity (Wildman–Crippen MR) is 120 cm³/mol. The second-order valence-electron chi connectivity index (χ2n) is 7.11. The molecule has 0 aliphatic heterocycles. The SMILES string of the molecule is COc1ccc(OC)c(NC(=O)Cn2cc(C(=O)c3ccccc3F)c3ccccc32)c1. The molecule has 0 aliphatic rings. The van der Waals surface area contributed by atoms with Crippen molar-refractivity contribution in [3.63, 3.8) is 0 Å². The van der Waals surface area contributed by atoms with E-state index in [0.29, 0.717) is 33.7 Å². The van der Waals surface area contributed by atoms with Crippen LogP contribution in [-0.4, -0.2) is 30.5 Å². The van der Waals surface area contributed by atoms with Gasteiger partial charge in [-0.1, -0.05) is 30.3 Å². The normalized spacial score (nSPS) is 10.7. The highest BCUT2D eigenvalue weighted by atomic mass is 19.1. The molecule has 0 spiro atoms. The molecule has 1 N–H and O–H groups in total. The van der Waals surface area contributed by atoms with Crippen LogP contribution in [-0.2, 0) is 11.3 Å². The molecule has 0 atom stereocenters. The van der Waals surface area contributed by atoms with Gasteiger partial charge in [-0.05, 0) is 30.3 Å². The number of nitrogens with zero attached hydrogens (tertiary/aromatic N) is 1. The van der Waals surface area contributed by atoms with Crippen LogP contribution in [0.1, 0.15) is 15.9 Å². The summed E-state index contributed by atoms with van der Waals surface area (Å²) < 4.78 is 26.4. The van der Waals surface area contributed by atoms with E-state index in [1.807, 2.05) is 12.1 Å². The molecule has 4 aromatic rings. The number of fused-ring (bicyclic) bond motifs is 1. The summed E-state index contributed by atoms with van der Waals surface area (Å²) in [6.45, 7) is -0.0502. The summed E-state index contributed by atoms with van der Waals surface area (Å²) in [7, 11) is 3.05. The first-order chi connectivity index (χ1) is 15.5. The fourth-order valence-electron chi connectivity index (χ4n) is 3.61. The van der Waals surface area contributed by atoms with Crippen LogP contribution < -0.4 is 14.8 Å². The molecule has 0 saturated carbocycles. The van der Waals surface area contributed by atoms with Crippen molar-refractivity contribution in [1.82, 2.24) is 4.57 Å². The molecule has 162 valence electrons. The minimum absolute atomic E-state index is 0.0130. The van der Waals surface area contributed by atoms with E-state index in [2.05, 4.69) is 5.32 Å². The van der Waals surface area contributed by atoms with Gasteiger partial charge in [0.25, 0.3) is 0 Å². The van der Waals surface area contributed by atoms with Crippen molar-refractivity contribution in [2.24, 2.45) is 0 Å². The number of hydrogen-bond acceptors (Lipinski definition) is 4. The van der Waals surface area contributed by atoms with Crippen LogP contribution in [0, 0.1) is 5.82 Å². The summed E-state index contributed by atoms with van der Waals surface area (Å²) >= 11 is 0. The molecular weight excluding hydrogens is 411 g/mol. The maximum Gasteiger partial charge on any atom is 0.244 e. The molecular formula is C25H21FN2O4. The van der Waals surface area contributed by atoms with Gasteiger partial charge in [-0.15, -0.1) is 0 Å². The highest BCUT2D eigenvalue weighted by molar-refractivity contribution is 6.16. The smallest absolute Gasteiger partial charge is 0.244 e. The standard InChI is InChI=1S/C25H21FN2O4/c1-31-16-11-12-23(32-2)21(13-16)27-24(29)15-28-14-19(17-7-4-6-10-22(17)28)25(30)18-8-3-5-9-20(18)26/h3-14H,15H2,1-2H3,(H,27,29). The maximum atomic E-state index is 14.2. The number of halogens is 1. The maximum absolute atomic E-state index is 14.2. The first kappa shape index (κ1) is 21.1. The molecule has 0 aliphatic carbocycles. The van der Waals surface area contributed by atoms with Gasteiger partial charge >= 0.3 is 0 Å². The van der Waals surface area contributed by atoms with Crippen LogP contribution in [0.4, 0.5) is 10.1 Å². The Hall–Kier alpha value is -4.13. The summed E-state index contributed by atoms with van der Waals surface area (Å²) in [4.78, 5) is 25.9. The van der Waals surface area contributed by atoms with Gasteiger partial charge in [-0.2, -0.15) is 0 Å². The molecule has 3 aromatic carbocycles. The topological polar surface area (TPSA) is 69.6 Å². The van der Waals surface area contributed by atoms with Gasteiger partial charge in [0.2, 0.25) is 5.91 Å². The number of carbonyl (C=O) groups excluding carboxylic acids is 2. The molecule has 4 rings (SSSR count). The van der Waals surface area contributed by atoms with Gasteiger partial charge in [-0.3, -0.25) is 9.59 Å². The lowest BCUT2D eigenvalue weighted by Gasteiger charge is -2.12. The molecule has 32 heavy (non-hydrogen) atoms. The largest absolute Gasteiger partial charge is 0.497 e. The van der Waals surface area contributed by atoms with Gasteiger partial charge < -0.3 is 19.4 Å². The predicted octanol–water partition coefficient (Wildman–Crippen LogP) is 4.67. The fourth-order valence-corrected chi connectivity index (χ4v) is 3.61. The van der Waals surface area contributed by atoms with Crippen LogP contribution >= 0.6 is 0 Å². The number of aromatic nitrogens is 1. The lowest BCUT2D eigenvalue weighted by Crippen LogP contribution is -2.18. The zero-order valence-corrected chi connectivity index (χ0v) is 17.6. The van der Waals surface area contributed by atoms with Crippen molar-refractivity contribution >= 4 is 28.3 Å². The van der Waals surface area contributed by atoms with Crippen molar-refractivity contribution in [2.75, 3.05) is 19.5 Å². The fraction of sp³-hybridized carbons (Fsp3) is 0.120. The molecule has 1 amide bonds. The van der Waals surface area contributed by atoms with Crippen molar-refractivity contribution in [3.8, 4) is 11.5 Å². The minimum Gasteiger partial charge on any atom is -0.497 e. The van der Waals surface area contributed by atoms with Gasteiger partial charge in [0, 0.05) is 28.7 Å². The van der Waals surface area contributed by atoms with E-state index < -0.39 is 11.6 Å². The number of hydrogen-bond donors (Lipinski definition) is 1. The summed E-state index contributed by atoms with van der Waals surface area (Å²) in [5.41, 5.74) is 1.48. The Morgan fingerprint density at radius 2 is 1.69 bits per heavy atom. The summed E-state index contributed by atoms with van der Waals surface area (Å²) in [6.07, 6.45) is 1.59. The molecule has 0 unspecified atom stereocenters. The van der Waals surface area contributed by atoms with Crippen LogP contribution in [0.2, 0.25) is 0 Å². The molecule has 0 fully saturated rings. The van der Waals surface area contributed by atoms with E-state index in [1.54, 1.807) is 47.2 Å². The number of carbonyl (C=O) groups is 2. The molecule has 1 heterocycles. The van der Waals surface area contributed by atoms with E-state index in [1.165, 1.54) is 32.4 Å². The number of methoxy groups -OCH3 is 2. The minimum atomic E-state index is -0.586. The first-order valence-electron chi connectivity index (χ1n) is 9.90. The Morgan fingerprint density at radius 1 is 0.938 bits per heavy atom. The Morgan fingerprint density at radius 3 is 2.44 bits per heavy atom. The van der Waals surface area contributed by atoms with E-state index in [0.717, 1.165) is 0 Å². The van der Waals surface area contributed by atoms with Crippen LogP contribution in [0.25, 0.3) is 10.9 Å². The van der Waals surface area contributed by atoms with Crippen molar-refractivity contribution < 1.29 is 23.5 Å². The molecule has 6 nitrogen and oxygen atoms in total. The molecule has 7 heteroatoms. The number of benzene rings is 3. The number of nitrogens with one attached hydrogen (secondary N) is 1. The van der Waals surface area contributed by atoms with E-state index in [4.69, 9.17) is 9.47 Å². The number of rotatable bonds is 7. The lowest BCUT2D eigenvalue weighted by molar-refractivity contribution is -0.116. The number of anilines is 1. The Balaban J connectivity index is 1.65. The summed E-state index contributed by atoms with van der Waals surface area (Å²) in [6, 6.07) is 18.2. The highest BCUT2D eigenvalue weighted by Gasteiger charge is 2.20. The molecule has 1 aromatic heterocycles. The molecule has 0 saturated heterocycles. The zero-order valence-electron chi connectivity index (χ0n) is 17.6. The quantitative estimate of drug-likeness (QED) is 0.431. The van der Waals surface area contributed by atoms with Gasteiger partial charge in [0.15, 0.2) is 5.78 Å². The van der Waals surface area contributed by atoms with Crippen LogP contribution in [0.3, 0.4) is 0 Å². The third-order valence-electron chi connectivity index (χ3n) is 5.15. The van der Waals surface area contributed by atoms with E-state index in [9.17, 15) is 14.0 Å². The Bertz CT molecular complexity index is 1310. The van der Waals surface area contributed by atoms with Gasteiger partial charge in [-0.25, -0.2) is 4.39 Å². The Kier molecular flexibility index (Phi) is 5.89. The monoisotopic (exact) mass is 432 g/mol. The van der Waals surface area contributed by atoms with E-state index >= 15 is 0 Å². The summed E-state index contributed by atoms with van der Waals surface area (Å²) in [5, 5.41) is 3.46. The number of ketones is 1. The average Bonchev–Trinajstić information content (AvgIpc) is 3.17. The Labute approximate surface area is 184 Å². The number of ether oxygens (including phenoxy) is 2. The molecule has 0 bridgehead atoms. The van der Waals surface area contributed by atoms with Crippen molar-refractivity contribution in [2.45, 2.75) is 6.54 Å². The third kappa shape index (κ3) is 4.05. The summed E-state index contributed by atoms with van der Waals surface area (Å²) in [5.74, 6) is -0.274. The average molecular weight is 432 g/mol. The van der Waals surface area contributed by atoms with Gasteiger partial charge in [0.05, 0.1) is 25.5 Å². The number of amides is 1. The van der Waals surface area contributed by atoms with Crippen molar-refractivity contribution in [1.29, 1.82) is 0 Å². The van der Waals surface area contributed by atoms with Crippen molar-refractivity contribution in [3.05, 3.63) is 89.9 Å². The highest BCUT2D eigenvalue weighted by Crippen LogP contribution is 2.29. The van der Waals surface area contributed by atoms with E-state index in [-0.39, 0.29) is 18.0 Å². The van der Waals surface area contributed by atoms with Gasteiger partial charge in [0.1, 0.15) is 23.9 Å². The third-order valence-corrected chi connectivity index (χ3v) is 5.15. The molecule has 0 radical (unpaired) electrons. The van der Waals surface area contributed by atoms with Crippen LogP contribution in [0.15, 0.2) is 72.9 Å². The second kappa shape index (κ2) is 8.93.